The molecule has 1 fully saturated rings. The van der Waals surface area contributed by atoms with Gasteiger partial charge in [0.1, 0.15) is 6.04 Å². The Hall–Kier alpha value is -1.06. The van der Waals surface area contributed by atoms with Crippen molar-refractivity contribution in [1.82, 2.24) is 10.2 Å². The number of hydrogen-bond acceptors (Lipinski definition) is 2. The van der Waals surface area contributed by atoms with E-state index < -0.39 is 0 Å². The Balaban J connectivity index is 2.79. The van der Waals surface area contributed by atoms with Gasteiger partial charge in [-0.15, -0.1) is 0 Å². The number of nitrogens with one attached hydrogen (secondary N) is 1. The third kappa shape index (κ3) is 2.25. The molecule has 0 bridgehead atoms. The molecule has 2 unspecified atom stereocenters. The third-order valence-corrected chi connectivity index (χ3v) is 2.51. The summed E-state index contributed by atoms with van der Waals surface area (Å²) < 4.78 is 0. The van der Waals surface area contributed by atoms with E-state index in [1.165, 1.54) is 0 Å². The first-order chi connectivity index (χ1) is 6.56. The maximum atomic E-state index is 11.8. The standard InChI is InChI=1S/C10H18N2O2/c1-4-5-12-7(2)6-9(13)11-8(3)10(12)14/h7-8H,4-6H2,1-3H3,(H,11,13). The van der Waals surface area contributed by atoms with Crippen LogP contribution in [0.1, 0.15) is 33.6 Å². The second kappa shape index (κ2) is 4.44. The van der Waals surface area contributed by atoms with Crippen LogP contribution in [0.5, 0.6) is 0 Å². The van der Waals surface area contributed by atoms with E-state index in [0.29, 0.717) is 6.42 Å². The molecule has 0 saturated carbocycles. The Morgan fingerprint density at radius 1 is 1.43 bits per heavy atom. The molecule has 80 valence electrons. The fourth-order valence-electron chi connectivity index (χ4n) is 1.78. The zero-order valence-corrected chi connectivity index (χ0v) is 9.04. The molecule has 14 heavy (non-hydrogen) atoms. The number of carbonyl (C=O) groups excluding carboxylic acids is 2. The molecule has 1 aliphatic heterocycles. The summed E-state index contributed by atoms with van der Waals surface area (Å²) in [6.07, 6.45) is 1.34. The van der Waals surface area contributed by atoms with Crippen LogP contribution in [0, 0.1) is 0 Å². The maximum Gasteiger partial charge on any atom is 0.245 e. The zero-order chi connectivity index (χ0) is 10.7. The Bertz CT molecular complexity index is 240. The minimum atomic E-state index is -0.376. The molecule has 1 N–H and O–H groups in total. The van der Waals surface area contributed by atoms with E-state index in [-0.39, 0.29) is 23.9 Å². The van der Waals surface area contributed by atoms with Crippen LogP contribution in [0.25, 0.3) is 0 Å². The summed E-state index contributed by atoms with van der Waals surface area (Å²) in [4.78, 5) is 24.9. The highest BCUT2D eigenvalue weighted by atomic mass is 16.2. The lowest BCUT2D eigenvalue weighted by Gasteiger charge is -2.27. The average Bonchev–Trinajstić information content (AvgIpc) is 2.18. The van der Waals surface area contributed by atoms with Crippen LogP contribution >= 0.6 is 0 Å². The highest BCUT2D eigenvalue weighted by Gasteiger charge is 2.30. The molecule has 1 aliphatic rings. The maximum absolute atomic E-state index is 11.8. The molecule has 2 atom stereocenters. The molecule has 0 aliphatic carbocycles. The molecular formula is C10H18N2O2. The molecule has 0 aromatic carbocycles. The second-order valence-electron chi connectivity index (χ2n) is 3.87. The van der Waals surface area contributed by atoms with Gasteiger partial charge in [0.05, 0.1) is 0 Å². The zero-order valence-electron chi connectivity index (χ0n) is 9.04. The first-order valence-corrected chi connectivity index (χ1v) is 5.16. The third-order valence-electron chi connectivity index (χ3n) is 2.51. The number of hydrogen-bond donors (Lipinski definition) is 1. The van der Waals surface area contributed by atoms with E-state index in [9.17, 15) is 9.59 Å². The van der Waals surface area contributed by atoms with Gasteiger partial charge in [-0.25, -0.2) is 0 Å². The average molecular weight is 198 g/mol. The number of amides is 2. The smallest absolute Gasteiger partial charge is 0.245 e. The summed E-state index contributed by atoms with van der Waals surface area (Å²) >= 11 is 0. The van der Waals surface area contributed by atoms with Gasteiger partial charge in [0.25, 0.3) is 0 Å². The lowest BCUT2D eigenvalue weighted by molar-refractivity contribution is -0.134. The van der Waals surface area contributed by atoms with Crippen molar-refractivity contribution in [3.8, 4) is 0 Å². The Labute approximate surface area is 84.7 Å². The normalized spacial score (nSPS) is 28.6. The molecule has 1 heterocycles. The van der Waals surface area contributed by atoms with Gasteiger partial charge < -0.3 is 10.2 Å². The van der Waals surface area contributed by atoms with Crippen molar-refractivity contribution < 1.29 is 9.59 Å². The van der Waals surface area contributed by atoms with Gasteiger partial charge in [-0.2, -0.15) is 0 Å². The molecule has 0 aromatic heterocycles. The minimum Gasteiger partial charge on any atom is -0.345 e. The fourth-order valence-corrected chi connectivity index (χ4v) is 1.78. The Kier molecular flexibility index (Phi) is 3.49. The van der Waals surface area contributed by atoms with E-state index in [0.717, 1.165) is 13.0 Å². The van der Waals surface area contributed by atoms with Gasteiger partial charge in [0, 0.05) is 19.0 Å². The SMILES string of the molecule is CCCN1C(=O)C(C)NC(=O)CC1C. The summed E-state index contributed by atoms with van der Waals surface area (Å²) in [5, 5.41) is 2.68. The predicted octanol–water partition coefficient (Wildman–Crippen LogP) is 0.522. The first-order valence-electron chi connectivity index (χ1n) is 5.16. The largest absolute Gasteiger partial charge is 0.345 e. The van der Waals surface area contributed by atoms with E-state index in [1.54, 1.807) is 11.8 Å². The van der Waals surface area contributed by atoms with Crippen LogP contribution in [0.4, 0.5) is 0 Å². The summed E-state index contributed by atoms with van der Waals surface area (Å²) in [6, 6.07) is -0.355. The van der Waals surface area contributed by atoms with Gasteiger partial charge in [-0.05, 0) is 20.3 Å². The highest BCUT2D eigenvalue weighted by Crippen LogP contribution is 2.11. The summed E-state index contributed by atoms with van der Waals surface area (Å²) in [7, 11) is 0. The molecule has 0 spiro atoms. The Morgan fingerprint density at radius 2 is 2.07 bits per heavy atom. The van der Waals surface area contributed by atoms with Crippen LogP contribution < -0.4 is 5.32 Å². The van der Waals surface area contributed by atoms with E-state index in [1.807, 2.05) is 13.8 Å². The van der Waals surface area contributed by atoms with Gasteiger partial charge >= 0.3 is 0 Å². The highest BCUT2D eigenvalue weighted by molar-refractivity contribution is 5.90. The monoisotopic (exact) mass is 198 g/mol. The predicted molar refractivity (Wildman–Crippen MR) is 53.7 cm³/mol. The topological polar surface area (TPSA) is 49.4 Å². The Morgan fingerprint density at radius 3 is 2.64 bits per heavy atom. The van der Waals surface area contributed by atoms with Crippen molar-refractivity contribution in [3.05, 3.63) is 0 Å². The van der Waals surface area contributed by atoms with Crippen molar-refractivity contribution >= 4 is 11.8 Å². The van der Waals surface area contributed by atoms with Crippen molar-refractivity contribution in [1.29, 1.82) is 0 Å². The van der Waals surface area contributed by atoms with Gasteiger partial charge in [0.15, 0.2) is 0 Å². The van der Waals surface area contributed by atoms with Gasteiger partial charge in [0.2, 0.25) is 11.8 Å². The molecular weight excluding hydrogens is 180 g/mol. The fraction of sp³-hybridized carbons (Fsp3) is 0.800. The van der Waals surface area contributed by atoms with E-state index in [2.05, 4.69) is 5.32 Å². The van der Waals surface area contributed by atoms with E-state index >= 15 is 0 Å². The van der Waals surface area contributed by atoms with Crippen LogP contribution in [0.3, 0.4) is 0 Å². The summed E-state index contributed by atoms with van der Waals surface area (Å²) in [5.74, 6) is 0.00199. The molecule has 0 aromatic rings. The first kappa shape index (κ1) is 11.0. The van der Waals surface area contributed by atoms with E-state index in [4.69, 9.17) is 0 Å². The van der Waals surface area contributed by atoms with Crippen molar-refractivity contribution in [2.45, 2.75) is 45.7 Å². The quantitative estimate of drug-likeness (QED) is 0.703. The lowest BCUT2D eigenvalue weighted by Crippen LogP contribution is -2.45. The minimum absolute atomic E-state index is 0.0207. The molecule has 2 amide bonds. The number of rotatable bonds is 2. The lowest BCUT2D eigenvalue weighted by atomic mass is 10.2. The molecule has 0 radical (unpaired) electrons. The van der Waals surface area contributed by atoms with Crippen molar-refractivity contribution in [3.63, 3.8) is 0 Å². The van der Waals surface area contributed by atoms with Crippen molar-refractivity contribution in [2.24, 2.45) is 0 Å². The second-order valence-corrected chi connectivity index (χ2v) is 3.87. The summed E-state index contributed by atoms with van der Waals surface area (Å²) in [6.45, 7) is 6.43. The number of carbonyl (C=O) groups is 2. The molecule has 1 rings (SSSR count). The number of nitrogens with zero attached hydrogens (tertiary/aromatic N) is 1. The molecule has 4 heteroatoms. The van der Waals surface area contributed by atoms with Gasteiger partial charge in [-0.1, -0.05) is 6.92 Å². The van der Waals surface area contributed by atoms with Crippen LogP contribution in [-0.4, -0.2) is 35.3 Å². The molecule has 1 saturated heterocycles. The van der Waals surface area contributed by atoms with Crippen LogP contribution in [0.15, 0.2) is 0 Å². The van der Waals surface area contributed by atoms with Crippen LogP contribution in [-0.2, 0) is 9.59 Å². The van der Waals surface area contributed by atoms with Crippen molar-refractivity contribution in [2.75, 3.05) is 6.54 Å². The van der Waals surface area contributed by atoms with Crippen LogP contribution in [0.2, 0.25) is 0 Å². The molecule has 4 nitrogen and oxygen atoms in total. The summed E-state index contributed by atoms with van der Waals surface area (Å²) in [5.41, 5.74) is 0. The van der Waals surface area contributed by atoms with Gasteiger partial charge in [-0.3, -0.25) is 9.59 Å².